The van der Waals surface area contributed by atoms with Crippen LogP contribution in [0.4, 0.5) is 5.69 Å². The number of carbonyl (C=O) groups is 1. The molecule has 0 radical (unpaired) electrons. The number of para-hydroxylation sites is 1. The smallest absolute Gasteiger partial charge is 0.346 e. The third-order valence-corrected chi connectivity index (χ3v) is 6.23. The Bertz CT molecular complexity index is 768. The van der Waals surface area contributed by atoms with E-state index in [9.17, 15) is 13.2 Å². The molecule has 2 N–H and O–H groups in total. The van der Waals surface area contributed by atoms with Crippen molar-refractivity contribution in [3.63, 3.8) is 0 Å². The summed E-state index contributed by atoms with van der Waals surface area (Å²) >= 11 is 3.98. The van der Waals surface area contributed by atoms with Crippen molar-refractivity contribution >= 4 is 48.9 Å². The Morgan fingerprint density at radius 1 is 1.35 bits per heavy atom. The molecular weight excluding hydrogens is 366 g/mol. The Hall–Kier alpha value is -1.38. The zero-order valence-corrected chi connectivity index (χ0v) is 13.5. The van der Waals surface area contributed by atoms with Gasteiger partial charge in [0.2, 0.25) is 0 Å². The van der Waals surface area contributed by atoms with Crippen molar-refractivity contribution in [3.05, 3.63) is 45.2 Å². The lowest BCUT2D eigenvalue weighted by atomic mass is 10.3. The summed E-state index contributed by atoms with van der Waals surface area (Å²) in [6, 6.07) is 8.14. The summed E-state index contributed by atoms with van der Waals surface area (Å²) in [7, 11) is -3.80. The molecule has 0 aliphatic carbocycles. The van der Waals surface area contributed by atoms with Gasteiger partial charge >= 0.3 is 5.97 Å². The second-order valence-corrected chi connectivity index (χ2v) is 7.78. The highest BCUT2D eigenvalue weighted by Gasteiger charge is 2.22. The number of aryl methyl sites for hydroxylation is 1. The van der Waals surface area contributed by atoms with Crippen LogP contribution in [0, 0.1) is 6.92 Å². The molecule has 0 saturated heterocycles. The molecule has 0 bridgehead atoms. The van der Waals surface area contributed by atoms with Gasteiger partial charge in [0, 0.05) is 4.47 Å². The summed E-state index contributed by atoms with van der Waals surface area (Å²) < 4.78 is 27.5. The molecule has 5 nitrogen and oxygen atoms in total. The third kappa shape index (κ3) is 3.02. The van der Waals surface area contributed by atoms with Crippen molar-refractivity contribution in [2.45, 2.75) is 11.1 Å². The van der Waals surface area contributed by atoms with E-state index in [4.69, 9.17) is 5.11 Å². The first-order valence-corrected chi connectivity index (χ1v) is 8.51. The van der Waals surface area contributed by atoms with Crippen molar-refractivity contribution in [2.75, 3.05) is 4.72 Å². The largest absolute Gasteiger partial charge is 0.477 e. The molecule has 0 aliphatic heterocycles. The molecule has 2 aromatic rings. The van der Waals surface area contributed by atoms with Gasteiger partial charge in [0.05, 0.1) is 5.69 Å². The molecule has 0 unspecified atom stereocenters. The second kappa shape index (κ2) is 5.55. The first kappa shape index (κ1) is 15.0. The lowest BCUT2D eigenvalue weighted by Gasteiger charge is -2.07. The normalized spacial score (nSPS) is 11.3. The van der Waals surface area contributed by atoms with Gasteiger partial charge in [-0.25, -0.2) is 13.2 Å². The monoisotopic (exact) mass is 375 g/mol. The molecule has 106 valence electrons. The topological polar surface area (TPSA) is 83.5 Å². The number of anilines is 1. The van der Waals surface area contributed by atoms with Crippen LogP contribution in [0.3, 0.4) is 0 Å². The van der Waals surface area contributed by atoms with Crippen LogP contribution >= 0.6 is 27.3 Å². The molecule has 0 aliphatic rings. The van der Waals surface area contributed by atoms with Gasteiger partial charge in [-0.3, -0.25) is 4.72 Å². The minimum Gasteiger partial charge on any atom is -0.477 e. The average molecular weight is 376 g/mol. The predicted octanol–water partition coefficient (Wildman–Crippen LogP) is 3.32. The van der Waals surface area contributed by atoms with Crippen LogP contribution in [-0.4, -0.2) is 19.5 Å². The van der Waals surface area contributed by atoms with E-state index >= 15 is 0 Å². The van der Waals surface area contributed by atoms with Crippen molar-refractivity contribution in [3.8, 4) is 0 Å². The van der Waals surface area contributed by atoms with E-state index in [1.54, 1.807) is 31.2 Å². The number of thiophene rings is 1. The van der Waals surface area contributed by atoms with E-state index in [1.165, 1.54) is 6.07 Å². The van der Waals surface area contributed by atoms with E-state index in [-0.39, 0.29) is 9.09 Å². The Balaban J connectivity index is 2.39. The van der Waals surface area contributed by atoms with Crippen LogP contribution in [0.25, 0.3) is 0 Å². The minimum atomic E-state index is -3.80. The Morgan fingerprint density at radius 2 is 2.00 bits per heavy atom. The van der Waals surface area contributed by atoms with Crippen molar-refractivity contribution in [2.24, 2.45) is 0 Å². The summed E-state index contributed by atoms with van der Waals surface area (Å²) in [5.74, 6) is -1.13. The van der Waals surface area contributed by atoms with Crippen molar-refractivity contribution in [1.29, 1.82) is 0 Å². The fourth-order valence-corrected chi connectivity index (χ4v) is 4.51. The molecule has 1 heterocycles. The number of hydrogen-bond acceptors (Lipinski definition) is 4. The number of rotatable bonds is 4. The number of hydrogen-bond donors (Lipinski definition) is 2. The van der Waals surface area contributed by atoms with Crippen molar-refractivity contribution in [1.82, 2.24) is 0 Å². The molecular formula is C12H10BrNO4S2. The number of aromatic carboxylic acids is 1. The predicted molar refractivity (Wildman–Crippen MR) is 81.0 cm³/mol. The molecule has 1 aromatic carbocycles. The maximum Gasteiger partial charge on any atom is 0.346 e. The summed E-state index contributed by atoms with van der Waals surface area (Å²) in [6.07, 6.45) is 0. The summed E-state index contributed by atoms with van der Waals surface area (Å²) in [6.45, 7) is 1.57. The summed E-state index contributed by atoms with van der Waals surface area (Å²) in [4.78, 5) is 11.0. The highest BCUT2D eigenvalue weighted by atomic mass is 79.9. The first-order valence-electron chi connectivity index (χ1n) is 5.42. The highest BCUT2D eigenvalue weighted by molar-refractivity contribution is 9.10. The Kier molecular flexibility index (Phi) is 4.17. The Morgan fingerprint density at radius 3 is 2.55 bits per heavy atom. The van der Waals surface area contributed by atoms with E-state index < -0.39 is 16.0 Å². The van der Waals surface area contributed by atoms with E-state index in [0.717, 1.165) is 11.3 Å². The average Bonchev–Trinajstić information content (AvgIpc) is 2.75. The number of benzene rings is 1. The van der Waals surface area contributed by atoms with Crippen LogP contribution in [0.2, 0.25) is 0 Å². The van der Waals surface area contributed by atoms with Gasteiger partial charge < -0.3 is 5.11 Å². The zero-order chi connectivity index (χ0) is 14.9. The van der Waals surface area contributed by atoms with Gasteiger partial charge in [-0.1, -0.05) is 12.1 Å². The maximum atomic E-state index is 12.2. The number of halogens is 1. The molecule has 20 heavy (non-hydrogen) atoms. The van der Waals surface area contributed by atoms with Crippen LogP contribution < -0.4 is 4.72 Å². The van der Waals surface area contributed by atoms with Crippen LogP contribution in [0.15, 0.2) is 39.0 Å². The van der Waals surface area contributed by atoms with Crippen LogP contribution in [0.1, 0.15) is 15.2 Å². The standard InChI is InChI=1S/C12H10BrNO4S2/c1-7-6-10(19-11(7)12(15)16)20(17,18)14-9-5-3-2-4-8(9)13/h2-6,14H,1H3,(H,15,16). The molecule has 0 spiro atoms. The SMILES string of the molecule is Cc1cc(S(=O)(=O)Nc2ccccc2Br)sc1C(=O)O. The molecule has 0 amide bonds. The Labute approximate surface area is 128 Å². The van der Waals surface area contributed by atoms with Gasteiger partial charge in [0.25, 0.3) is 10.0 Å². The van der Waals surface area contributed by atoms with Gasteiger partial charge in [-0.2, -0.15) is 0 Å². The van der Waals surface area contributed by atoms with Gasteiger partial charge in [0.15, 0.2) is 0 Å². The highest BCUT2D eigenvalue weighted by Crippen LogP contribution is 2.29. The van der Waals surface area contributed by atoms with E-state index in [2.05, 4.69) is 20.7 Å². The lowest BCUT2D eigenvalue weighted by Crippen LogP contribution is -2.11. The van der Waals surface area contributed by atoms with Gasteiger partial charge in [-0.05, 0) is 46.6 Å². The van der Waals surface area contributed by atoms with E-state index in [0.29, 0.717) is 15.7 Å². The van der Waals surface area contributed by atoms with Crippen LogP contribution in [-0.2, 0) is 10.0 Å². The van der Waals surface area contributed by atoms with Crippen molar-refractivity contribution < 1.29 is 18.3 Å². The van der Waals surface area contributed by atoms with E-state index in [1.807, 2.05) is 0 Å². The van der Waals surface area contributed by atoms with Crippen LogP contribution in [0.5, 0.6) is 0 Å². The molecule has 0 fully saturated rings. The number of nitrogens with one attached hydrogen (secondary N) is 1. The molecule has 0 atom stereocenters. The number of carboxylic acids is 1. The number of carboxylic acid groups (broad SMARTS) is 1. The molecule has 8 heteroatoms. The fraction of sp³-hybridized carbons (Fsp3) is 0.0833. The lowest BCUT2D eigenvalue weighted by molar-refractivity contribution is 0.0701. The molecule has 1 aromatic heterocycles. The molecule has 0 saturated carbocycles. The summed E-state index contributed by atoms with van der Waals surface area (Å²) in [5, 5.41) is 8.97. The van der Waals surface area contributed by atoms with Gasteiger partial charge in [-0.15, -0.1) is 11.3 Å². The fourth-order valence-electron chi connectivity index (χ4n) is 1.54. The minimum absolute atomic E-state index is 0.0249. The first-order chi connectivity index (χ1) is 9.31. The summed E-state index contributed by atoms with van der Waals surface area (Å²) in [5.41, 5.74) is 0.824. The maximum absolute atomic E-state index is 12.2. The number of sulfonamides is 1. The van der Waals surface area contributed by atoms with Gasteiger partial charge in [0.1, 0.15) is 9.09 Å². The molecule has 2 rings (SSSR count). The zero-order valence-electron chi connectivity index (χ0n) is 10.3. The quantitative estimate of drug-likeness (QED) is 0.858. The second-order valence-electron chi connectivity index (χ2n) is 3.97. The third-order valence-electron chi connectivity index (χ3n) is 2.47.